The van der Waals surface area contributed by atoms with Gasteiger partial charge < -0.3 is 4.90 Å². The van der Waals surface area contributed by atoms with E-state index in [9.17, 15) is 0 Å². The van der Waals surface area contributed by atoms with Gasteiger partial charge in [-0.1, -0.05) is 12.1 Å². The Morgan fingerprint density at radius 3 is 2.72 bits per heavy atom. The highest BCUT2D eigenvalue weighted by molar-refractivity contribution is 9.10. The Hall–Kier alpha value is -0.510. The second-order valence-electron chi connectivity index (χ2n) is 4.01. The molecule has 0 saturated carbocycles. The first-order chi connectivity index (χ1) is 8.74. The van der Waals surface area contributed by atoms with Crippen molar-refractivity contribution in [2.24, 2.45) is 0 Å². The Bertz CT molecular complexity index is 499. The number of halogens is 2. The molecule has 0 atom stereocenters. The van der Waals surface area contributed by atoms with E-state index in [1.807, 2.05) is 0 Å². The molecule has 4 heteroatoms. The van der Waals surface area contributed by atoms with Crippen LogP contribution in [-0.4, -0.2) is 6.54 Å². The first-order valence-corrected chi connectivity index (χ1v) is 8.07. The Balaban J connectivity index is 2.22. The zero-order chi connectivity index (χ0) is 13.0. The van der Waals surface area contributed by atoms with E-state index < -0.39 is 0 Å². The summed E-state index contributed by atoms with van der Waals surface area (Å²) < 4.78 is 1.11. The molecule has 96 valence electrons. The molecule has 0 radical (unpaired) electrons. The number of hydrogen-bond donors (Lipinski definition) is 0. The van der Waals surface area contributed by atoms with Crippen molar-refractivity contribution in [3.05, 3.63) is 50.6 Å². The third-order valence-corrected chi connectivity index (χ3v) is 4.62. The van der Waals surface area contributed by atoms with E-state index in [1.165, 1.54) is 10.6 Å². The largest absolute Gasteiger partial charge is 0.366 e. The molecule has 0 fully saturated rings. The molecule has 0 spiro atoms. The predicted octanol–water partition coefficient (Wildman–Crippen LogP) is 5.28. The highest BCUT2D eigenvalue weighted by Crippen LogP contribution is 2.29. The number of thiophene rings is 1. The third kappa shape index (κ3) is 3.28. The normalized spacial score (nSPS) is 10.6. The van der Waals surface area contributed by atoms with Crippen molar-refractivity contribution in [3.63, 3.8) is 0 Å². The van der Waals surface area contributed by atoms with Crippen molar-refractivity contribution in [2.75, 3.05) is 11.4 Å². The van der Waals surface area contributed by atoms with Gasteiger partial charge in [-0.05, 0) is 52.0 Å². The van der Waals surface area contributed by atoms with Gasteiger partial charge in [0.1, 0.15) is 0 Å². The predicted molar refractivity (Wildman–Crippen MR) is 84.7 cm³/mol. The summed E-state index contributed by atoms with van der Waals surface area (Å²) in [6.45, 7) is 4.11. The fraction of sp³-hybridized carbons (Fsp3) is 0.286. The minimum absolute atomic E-state index is 0.552. The van der Waals surface area contributed by atoms with E-state index in [2.05, 4.69) is 63.5 Å². The SMILES string of the molecule is CCN(Cc1cccs1)c1ccc(CCl)cc1Br. The second kappa shape index (κ2) is 6.60. The average Bonchev–Trinajstić information content (AvgIpc) is 2.89. The number of nitrogens with zero attached hydrogens (tertiary/aromatic N) is 1. The number of hydrogen-bond acceptors (Lipinski definition) is 2. The molecule has 18 heavy (non-hydrogen) atoms. The highest BCUT2D eigenvalue weighted by Gasteiger charge is 2.10. The smallest absolute Gasteiger partial charge is 0.0523 e. The van der Waals surface area contributed by atoms with E-state index >= 15 is 0 Å². The molecule has 0 aliphatic heterocycles. The van der Waals surface area contributed by atoms with E-state index in [0.717, 1.165) is 23.1 Å². The molecule has 0 aliphatic rings. The number of rotatable bonds is 5. The zero-order valence-electron chi connectivity index (χ0n) is 10.2. The topological polar surface area (TPSA) is 3.24 Å². The average molecular weight is 345 g/mol. The van der Waals surface area contributed by atoms with Crippen LogP contribution in [0, 0.1) is 0 Å². The summed E-state index contributed by atoms with van der Waals surface area (Å²) in [5.74, 6) is 0.552. The quantitative estimate of drug-likeness (QED) is 0.667. The van der Waals surface area contributed by atoms with Gasteiger partial charge in [0.25, 0.3) is 0 Å². The molecule has 0 saturated heterocycles. The number of alkyl halides is 1. The third-order valence-electron chi connectivity index (χ3n) is 2.82. The standard InChI is InChI=1S/C14H15BrClNS/c1-2-17(10-12-4-3-7-18-12)14-6-5-11(9-16)8-13(14)15/h3-8H,2,9-10H2,1H3. The number of benzene rings is 1. The van der Waals surface area contributed by atoms with Crippen LogP contribution in [0.15, 0.2) is 40.2 Å². The second-order valence-corrected chi connectivity index (χ2v) is 6.17. The molecule has 1 aromatic carbocycles. The van der Waals surface area contributed by atoms with Crippen molar-refractivity contribution >= 4 is 44.6 Å². The van der Waals surface area contributed by atoms with Crippen molar-refractivity contribution in [3.8, 4) is 0 Å². The van der Waals surface area contributed by atoms with Crippen LogP contribution in [0.2, 0.25) is 0 Å². The Morgan fingerprint density at radius 2 is 2.17 bits per heavy atom. The van der Waals surface area contributed by atoms with Crippen LogP contribution in [0.3, 0.4) is 0 Å². The summed E-state index contributed by atoms with van der Waals surface area (Å²) in [7, 11) is 0. The molecule has 0 N–H and O–H groups in total. The molecule has 1 heterocycles. The van der Waals surface area contributed by atoms with E-state index in [4.69, 9.17) is 11.6 Å². The van der Waals surface area contributed by atoms with Crippen LogP contribution in [0.1, 0.15) is 17.4 Å². The van der Waals surface area contributed by atoms with Crippen molar-refractivity contribution in [1.82, 2.24) is 0 Å². The van der Waals surface area contributed by atoms with Gasteiger partial charge in [-0.15, -0.1) is 22.9 Å². The molecule has 0 aliphatic carbocycles. The Morgan fingerprint density at radius 1 is 1.33 bits per heavy atom. The fourth-order valence-corrected chi connectivity index (χ4v) is 3.41. The van der Waals surface area contributed by atoms with Gasteiger partial charge in [0.15, 0.2) is 0 Å². The Labute approximate surface area is 126 Å². The van der Waals surface area contributed by atoms with Crippen LogP contribution in [0.25, 0.3) is 0 Å². The van der Waals surface area contributed by atoms with Crippen LogP contribution in [0.4, 0.5) is 5.69 Å². The maximum atomic E-state index is 5.85. The fourth-order valence-electron chi connectivity index (χ4n) is 1.85. The lowest BCUT2D eigenvalue weighted by Crippen LogP contribution is -2.21. The van der Waals surface area contributed by atoms with Gasteiger partial charge in [0.05, 0.1) is 12.2 Å². The van der Waals surface area contributed by atoms with Crippen molar-refractivity contribution < 1.29 is 0 Å². The minimum Gasteiger partial charge on any atom is -0.366 e. The zero-order valence-corrected chi connectivity index (χ0v) is 13.4. The lowest BCUT2D eigenvalue weighted by Gasteiger charge is -2.24. The molecular formula is C14H15BrClNS. The van der Waals surface area contributed by atoms with Gasteiger partial charge in [-0.25, -0.2) is 0 Å². The van der Waals surface area contributed by atoms with Crippen molar-refractivity contribution in [1.29, 1.82) is 0 Å². The van der Waals surface area contributed by atoms with Crippen LogP contribution < -0.4 is 4.90 Å². The minimum atomic E-state index is 0.552. The number of anilines is 1. The van der Waals surface area contributed by atoms with E-state index in [0.29, 0.717) is 5.88 Å². The maximum Gasteiger partial charge on any atom is 0.0523 e. The van der Waals surface area contributed by atoms with E-state index in [1.54, 1.807) is 11.3 Å². The van der Waals surface area contributed by atoms with E-state index in [-0.39, 0.29) is 0 Å². The molecule has 0 bridgehead atoms. The van der Waals surface area contributed by atoms with Crippen LogP contribution >= 0.6 is 38.9 Å². The molecular weight excluding hydrogens is 330 g/mol. The molecule has 0 amide bonds. The van der Waals surface area contributed by atoms with Gasteiger partial charge >= 0.3 is 0 Å². The maximum absolute atomic E-state index is 5.85. The molecule has 2 aromatic rings. The summed E-state index contributed by atoms with van der Waals surface area (Å²) in [6.07, 6.45) is 0. The highest BCUT2D eigenvalue weighted by atomic mass is 79.9. The summed E-state index contributed by atoms with van der Waals surface area (Å²) >= 11 is 11.3. The molecule has 0 unspecified atom stereocenters. The monoisotopic (exact) mass is 343 g/mol. The van der Waals surface area contributed by atoms with Crippen LogP contribution in [0.5, 0.6) is 0 Å². The lowest BCUT2D eigenvalue weighted by molar-refractivity contribution is 0.840. The molecule has 1 nitrogen and oxygen atoms in total. The summed E-state index contributed by atoms with van der Waals surface area (Å²) in [5.41, 5.74) is 2.36. The summed E-state index contributed by atoms with van der Waals surface area (Å²) in [6, 6.07) is 10.6. The van der Waals surface area contributed by atoms with Crippen LogP contribution in [-0.2, 0) is 12.4 Å². The molecule has 2 rings (SSSR count). The molecule has 1 aromatic heterocycles. The van der Waals surface area contributed by atoms with Gasteiger partial charge in [0.2, 0.25) is 0 Å². The first-order valence-electron chi connectivity index (χ1n) is 5.86. The van der Waals surface area contributed by atoms with Crippen molar-refractivity contribution in [2.45, 2.75) is 19.3 Å². The lowest BCUT2D eigenvalue weighted by atomic mass is 10.2. The summed E-state index contributed by atoms with van der Waals surface area (Å²) in [4.78, 5) is 3.73. The summed E-state index contributed by atoms with van der Waals surface area (Å²) in [5, 5.41) is 2.12. The van der Waals surface area contributed by atoms with Gasteiger partial charge in [-0.3, -0.25) is 0 Å². The Kier molecular flexibility index (Phi) is 5.10. The van der Waals surface area contributed by atoms with Gasteiger partial charge in [-0.2, -0.15) is 0 Å². The van der Waals surface area contributed by atoms with Gasteiger partial charge in [0, 0.05) is 21.8 Å². The first kappa shape index (κ1) is 13.9.